The van der Waals surface area contributed by atoms with Gasteiger partial charge in [-0.1, -0.05) is 13.0 Å². The van der Waals surface area contributed by atoms with Crippen molar-refractivity contribution >= 4 is 28.4 Å². The molecule has 6 rings (SSSR count). The van der Waals surface area contributed by atoms with Crippen molar-refractivity contribution in [3.05, 3.63) is 36.3 Å². The number of benzene rings is 1. The molecule has 4 aromatic rings. The molecule has 2 fully saturated rings. The molecule has 200 valence electrons. The summed E-state index contributed by atoms with van der Waals surface area (Å²) in [5, 5.41) is 8.02. The molecule has 0 spiro atoms. The predicted octanol–water partition coefficient (Wildman–Crippen LogP) is 4.53. The van der Waals surface area contributed by atoms with Crippen LogP contribution in [0.2, 0.25) is 0 Å². The molecule has 9 nitrogen and oxygen atoms in total. The quantitative estimate of drug-likeness (QED) is 0.383. The van der Waals surface area contributed by atoms with Crippen LogP contribution < -0.4 is 10.1 Å². The molecular weight excluding hydrogens is 492 g/mol. The molecule has 3 aromatic heterocycles. The first-order chi connectivity index (χ1) is 18.3. The van der Waals surface area contributed by atoms with Crippen molar-refractivity contribution in [2.45, 2.75) is 58.5 Å². The number of nitrogens with one attached hydrogen (secondary N) is 1. The van der Waals surface area contributed by atoms with Crippen LogP contribution in [0.3, 0.4) is 0 Å². The summed E-state index contributed by atoms with van der Waals surface area (Å²) in [7, 11) is 1.56. The van der Waals surface area contributed by atoms with Gasteiger partial charge < -0.3 is 19.5 Å². The molecule has 1 N–H and O–H groups in total. The third-order valence-electron chi connectivity index (χ3n) is 7.88. The Bertz CT molecular complexity index is 1520. The van der Waals surface area contributed by atoms with Gasteiger partial charge in [0.2, 0.25) is 17.7 Å². The standard InChI is InChI=1S/C27H31F2N7O2/c1-16-30-20-7-6-17(12-21(20)35(16)15-22(28)29)19-8-11-36-23(19)24(38-3)32-26(33-36)31-18-13-27(2,14-18)25(37)34-9-4-5-10-34/h6-8,11-12,18,22H,4-5,9-10,13-15H2,1-3H3,(H,31,33). The van der Waals surface area contributed by atoms with E-state index in [9.17, 15) is 13.6 Å². The van der Waals surface area contributed by atoms with Crippen LogP contribution in [0.4, 0.5) is 14.7 Å². The van der Waals surface area contributed by atoms with Crippen molar-refractivity contribution in [3.8, 4) is 17.0 Å². The summed E-state index contributed by atoms with van der Waals surface area (Å²) in [5.41, 5.74) is 3.30. The summed E-state index contributed by atoms with van der Waals surface area (Å²) >= 11 is 0. The highest BCUT2D eigenvalue weighted by Crippen LogP contribution is 2.44. The van der Waals surface area contributed by atoms with Crippen molar-refractivity contribution in [1.82, 2.24) is 29.0 Å². The van der Waals surface area contributed by atoms with Gasteiger partial charge in [-0.15, -0.1) is 5.10 Å². The Morgan fingerprint density at radius 2 is 1.97 bits per heavy atom. The molecule has 1 saturated heterocycles. The molecule has 4 heterocycles. The zero-order valence-corrected chi connectivity index (χ0v) is 21.7. The molecule has 0 bridgehead atoms. The van der Waals surface area contributed by atoms with Gasteiger partial charge in [0, 0.05) is 30.9 Å². The largest absolute Gasteiger partial charge is 0.479 e. The molecular formula is C27H31F2N7O2. The van der Waals surface area contributed by atoms with Gasteiger partial charge in [0.25, 0.3) is 6.43 Å². The number of alkyl halides is 2. The van der Waals surface area contributed by atoms with Gasteiger partial charge in [-0.25, -0.2) is 18.3 Å². The van der Waals surface area contributed by atoms with Crippen LogP contribution in [0.15, 0.2) is 30.5 Å². The van der Waals surface area contributed by atoms with E-state index in [2.05, 4.69) is 20.4 Å². The number of carbonyl (C=O) groups is 1. The van der Waals surface area contributed by atoms with Crippen molar-refractivity contribution < 1.29 is 18.3 Å². The molecule has 0 atom stereocenters. The van der Waals surface area contributed by atoms with Gasteiger partial charge in [0.15, 0.2) is 0 Å². The van der Waals surface area contributed by atoms with Gasteiger partial charge in [-0.05, 0) is 56.4 Å². The van der Waals surface area contributed by atoms with Crippen LogP contribution in [-0.2, 0) is 11.3 Å². The highest BCUT2D eigenvalue weighted by atomic mass is 19.3. The zero-order chi connectivity index (χ0) is 26.6. The Morgan fingerprint density at radius 1 is 1.21 bits per heavy atom. The van der Waals surface area contributed by atoms with E-state index in [-0.39, 0.29) is 17.4 Å². The van der Waals surface area contributed by atoms with E-state index < -0.39 is 13.0 Å². The van der Waals surface area contributed by atoms with E-state index >= 15 is 0 Å². The smallest absolute Gasteiger partial charge is 0.256 e. The molecule has 1 aliphatic carbocycles. The lowest BCUT2D eigenvalue weighted by atomic mass is 9.66. The van der Waals surface area contributed by atoms with Crippen LogP contribution in [0.1, 0.15) is 38.4 Å². The molecule has 0 unspecified atom stereocenters. The average Bonchev–Trinajstić information content (AvgIpc) is 3.61. The minimum absolute atomic E-state index is 0.101. The lowest BCUT2D eigenvalue weighted by Gasteiger charge is -2.45. The maximum Gasteiger partial charge on any atom is 0.256 e. The van der Waals surface area contributed by atoms with Crippen LogP contribution in [0.5, 0.6) is 5.88 Å². The summed E-state index contributed by atoms with van der Waals surface area (Å²) in [6, 6.07) is 7.63. The molecule has 1 saturated carbocycles. The number of fused-ring (bicyclic) bond motifs is 2. The van der Waals surface area contributed by atoms with Gasteiger partial charge in [-0.2, -0.15) is 4.98 Å². The maximum atomic E-state index is 13.2. The Labute approximate surface area is 218 Å². The first-order valence-corrected chi connectivity index (χ1v) is 13.0. The number of anilines is 1. The second-order valence-electron chi connectivity index (χ2n) is 10.6. The number of ether oxygens (including phenoxy) is 1. The third kappa shape index (κ3) is 4.13. The second kappa shape index (κ2) is 9.21. The summed E-state index contributed by atoms with van der Waals surface area (Å²) in [6.07, 6.45) is 2.99. The average molecular weight is 524 g/mol. The van der Waals surface area contributed by atoms with E-state index in [1.54, 1.807) is 23.1 Å². The third-order valence-corrected chi connectivity index (χ3v) is 7.88. The Balaban J connectivity index is 1.26. The number of methoxy groups -OCH3 is 1. The highest BCUT2D eigenvalue weighted by Gasteiger charge is 2.48. The summed E-state index contributed by atoms with van der Waals surface area (Å²) in [6.45, 7) is 5.09. The number of aryl methyl sites for hydroxylation is 1. The van der Waals surface area contributed by atoms with Crippen LogP contribution >= 0.6 is 0 Å². The van der Waals surface area contributed by atoms with Gasteiger partial charge in [-0.3, -0.25) is 4.79 Å². The Morgan fingerprint density at radius 3 is 2.68 bits per heavy atom. The normalized spacial score (nSPS) is 21.4. The van der Waals surface area contributed by atoms with E-state index in [0.717, 1.165) is 49.9 Å². The molecule has 0 radical (unpaired) electrons. The number of likely N-dealkylation sites (tertiary alicyclic amines) is 1. The van der Waals surface area contributed by atoms with Gasteiger partial charge in [0.05, 0.1) is 30.1 Å². The summed E-state index contributed by atoms with van der Waals surface area (Å²) < 4.78 is 35.3. The molecule has 1 aliphatic heterocycles. The van der Waals surface area contributed by atoms with E-state index in [0.29, 0.717) is 34.2 Å². The van der Waals surface area contributed by atoms with Crippen molar-refractivity contribution in [2.75, 3.05) is 25.5 Å². The number of rotatable bonds is 7. The fourth-order valence-corrected chi connectivity index (χ4v) is 6.00. The number of amides is 1. The van der Waals surface area contributed by atoms with Crippen LogP contribution in [0, 0.1) is 12.3 Å². The van der Waals surface area contributed by atoms with Gasteiger partial charge >= 0.3 is 0 Å². The van der Waals surface area contributed by atoms with Crippen molar-refractivity contribution in [3.63, 3.8) is 0 Å². The number of carbonyl (C=O) groups excluding carboxylic acids is 1. The number of hydrogen-bond acceptors (Lipinski definition) is 6. The van der Waals surface area contributed by atoms with Crippen LogP contribution in [0.25, 0.3) is 27.7 Å². The minimum atomic E-state index is -2.48. The number of nitrogens with zero attached hydrogens (tertiary/aromatic N) is 6. The summed E-state index contributed by atoms with van der Waals surface area (Å²) in [5.74, 6) is 1.62. The molecule has 2 aliphatic rings. The molecule has 38 heavy (non-hydrogen) atoms. The summed E-state index contributed by atoms with van der Waals surface area (Å²) in [4.78, 5) is 23.9. The SMILES string of the molecule is COc1nc(NC2CC(C)(C(=O)N3CCCC3)C2)nn2ccc(-c3ccc4nc(C)n(CC(F)F)c4c3)c12. The maximum absolute atomic E-state index is 13.2. The van der Waals surface area contributed by atoms with Crippen molar-refractivity contribution in [2.24, 2.45) is 5.41 Å². The predicted molar refractivity (Wildman–Crippen MR) is 140 cm³/mol. The molecule has 1 amide bonds. The number of hydrogen-bond donors (Lipinski definition) is 1. The Kier molecular flexibility index (Phi) is 5.96. The molecule has 1 aromatic carbocycles. The van der Waals surface area contributed by atoms with Gasteiger partial charge in [0.1, 0.15) is 11.3 Å². The first kappa shape index (κ1) is 24.6. The van der Waals surface area contributed by atoms with Crippen LogP contribution in [-0.4, -0.2) is 67.6 Å². The topological polar surface area (TPSA) is 89.6 Å². The lowest BCUT2D eigenvalue weighted by molar-refractivity contribution is -0.145. The van der Waals surface area contributed by atoms with E-state index in [1.165, 1.54) is 0 Å². The Hall–Kier alpha value is -3.76. The molecule has 11 heteroatoms. The van der Waals surface area contributed by atoms with E-state index in [4.69, 9.17) is 4.74 Å². The fourth-order valence-electron chi connectivity index (χ4n) is 6.00. The first-order valence-electron chi connectivity index (χ1n) is 13.0. The number of imidazole rings is 1. The second-order valence-corrected chi connectivity index (χ2v) is 10.6. The lowest BCUT2D eigenvalue weighted by Crippen LogP contribution is -2.53. The minimum Gasteiger partial charge on any atom is -0.479 e. The van der Waals surface area contributed by atoms with E-state index in [1.807, 2.05) is 42.3 Å². The van der Waals surface area contributed by atoms with Crippen molar-refractivity contribution in [1.29, 1.82) is 0 Å². The fraction of sp³-hybridized carbons (Fsp3) is 0.481. The zero-order valence-electron chi connectivity index (χ0n) is 21.7. The monoisotopic (exact) mass is 523 g/mol. The number of aromatic nitrogens is 5. The number of halogens is 2. The highest BCUT2D eigenvalue weighted by molar-refractivity contribution is 5.90.